The molecule has 0 bridgehead atoms. The summed E-state index contributed by atoms with van der Waals surface area (Å²) in [6.07, 6.45) is 7.33. The zero-order chi connectivity index (χ0) is 12.1. The minimum Gasteiger partial charge on any atom is -0.494 e. The number of ether oxygens (including phenoxy) is 1. The molecule has 0 unspecified atom stereocenters. The van der Waals surface area contributed by atoms with E-state index in [2.05, 4.69) is 5.32 Å². The van der Waals surface area contributed by atoms with Crippen LogP contribution in [0.4, 0.5) is 4.39 Å². The Balaban J connectivity index is 1.85. The number of nitrogens with one attached hydrogen (secondary N) is 1. The van der Waals surface area contributed by atoms with Gasteiger partial charge in [-0.3, -0.25) is 0 Å². The highest BCUT2D eigenvalue weighted by atomic mass is 19.1. The van der Waals surface area contributed by atoms with Crippen molar-refractivity contribution in [2.75, 3.05) is 13.7 Å². The Morgan fingerprint density at radius 2 is 2.29 bits per heavy atom. The van der Waals surface area contributed by atoms with Crippen LogP contribution in [0.5, 0.6) is 5.75 Å². The molecule has 1 N–H and O–H groups in total. The summed E-state index contributed by atoms with van der Waals surface area (Å²) in [6, 6.07) is 5.91. The molecular formula is C14H18FNO. The molecular weight excluding hydrogens is 217 g/mol. The van der Waals surface area contributed by atoms with Crippen LogP contribution in [0.15, 0.2) is 24.3 Å². The number of hydrogen-bond acceptors (Lipinski definition) is 2. The Kier molecular flexibility index (Phi) is 4.15. The second-order valence-electron chi connectivity index (χ2n) is 4.28. The third-order valence-corrected chi connectivity index (χ3v) is 2.83. The van der Waals surface area contributed by atoms with Crippen LogP contribution in [-0.2, 0) is 0 Å². The average molecular weight is 235 g/mol. The van der Waals surface area contributed by atoms with Crippen molar-refractivity contribution in [3.63, 3.8) is 0 Å². The van der Waals surface area contributed by atoms with Gasteiger partial charge in [-0.2, -0.15) is 0 Å². The molecule has 1 saturated carbocycles. The van der Waals surface area contributed by atoms with Crippen LogP contribution < -0.4 is 10.1 Å². The molecule has 92 valence electrons. The van der Waals surface area contributed by atoms with E-state index < -0.39 is 0 Å². The monoisotopic (exact) mass is 235 g/mol. The maximum absolute atomic E-state index is 13.7. The van der Waals surface area contributed by atoms with Crippen molar-refractivity contribution in [3.8, 4) is 5.75 Å². The normalized spacial score (nSPS) is 15.4. The van der Waals surface area contributed by atoms with E-state index in [0.29, 0.717) is 11.3 Å². The van der Waals surface area contributed by atoms with Crippen molar-refractivity contribution in [3.05, 3.63) is 35.7 Å². The van der Waals surface area contributed by atoms with Gasteiger partial charge in [0.05, 0.1) is 7.11 Å². The summed E-state index contributed by atoms with van der Waals surface area (Å²) in [5.74, 6) is 0.00431. The Morgan fingerprint density at radius 1 is 1.47 bits per heavy atom. The molecule has 0 aliphatic heterocycles. The van der Waals surface area contributed by atoms with Crippen molar-refractivity contribution in [2.24, 2.45) is 0 Å². The summed E-state index contributed by atoms with van der Waals surface area (Å²) in [4.78, 5) is 0. The van der Waals surface area contributed by atoms with Crippen molar-refractivity contribution in [1.29, 1.82) is 0 Å². The molecule has 0 radical (unpaired) electrons. The van der Waals surface area contributed by atoms with Gasteiger partial charge >= 0.3 is 0 Å². The van der Waals surface area contributed by atoms with Gasteiger partial charge in [0.15, 0.2) is 11.6 Å². The lowest BCUT2D eigenvalue weighted by molar-refractivity contribution is 0.386. The third kappa shape index (κ3) is 3.56. The quantitative estimate of drug-likeness (QED) is 0.765. The molecule has 0 spiro atoms. The first kappa shape index (κ1) is 12.1. The largest absolute Gasteiger partial charge is 0.494 e. The summed E-state index contributed by atoms with van der Waals surface area (Å²) >= 11 is 0. The fourth-order valence-corrected chi connectivity index (χ4v) is 1.68. The van der Waals surface area contributed by atoms with Crippen LogP contribution >= 0.6 is 0 Å². The number of methoxy groups -OCH3 is 1. The summed E-state index contributed by atoms with van der Waals surface area (Å²) in [5, 5.41) is 3.41. The topological polar surface area (TPSA) is 21.3 Å². The minimum absolute atomic E-state index is 0.290. The molecule has 0 amide bonds. The third-order valence-electron chi connectivity index (χ3n) is 2.83. The van der Waals surface area contributed by atoms with Crippen molar-refractivity contribution >= 4 is 6.08 Å². The van der Waals surface area contributed by atoms with Gasteiger partial charge in [-0.25, -0.2) is 4.39 Å². The van der Waals surface area contributed by atoms with Crippen LogP contribution in [-0.4, -0.2) is 19.7 Å². The average Bonchev–Trinajstić information content (AvgIpc) is 3.15. The number of rotatable bonds is 6. The zero-order valence-electron chi connectivity index (χ0n) is 10.1. The molecule has 1 aliphatic rings. The van der Waals surface area contributed by atoms with Crippen molar-refractivity contribution < 1.29 is 9.13 Å². The van der Waals surface area contributed by atoms with E-state index in [9.17, 15) is 4.39 Å². The molecule has 0 aromatic heterocycles. The molecule has 2 nitrogen and oxygen atoms in total. The first-order valence-electron chi connectivity index (χ1n) is 6.03. The van der Waals surface area contributed by atoms with Gasteiger partial charge in [0, 0.05) is 11.6 Å². The highest BCUT2D eigenvalue weighted by Crippen LogP contribution is 2.21. The lowest BCUT2D eigenvalue weighted by atomic mass is 10.1. The van der Waals surface area contributed by atoms with E-state index in [1.807, 2.05) is 12.2 Å². The van der Waals surface area contributed by atoms with E-state index in [-0.39, 0.29) is 5.82 Å². The van der Waals surface area contributed by atoms with Crippen LogP contribution in [0.2, 0.25) is 0 Å². The number of benzene rings is 1. The van der Waals surface area contributed by atoms with E-state index >= 15 is 0 Å². The van der Waals surface area contributed by atoms with Gasteiger partial charge in [-0.1, -0.05) is 24.3 Å². The lowest BCUT2D eigenvalue weighted by Crippen LogP contribution is -2.16. The maximum atomic E-state index is 13.7. The number of halogens is 1. The molecule has 0 atom stereocenters. The van der Waals surface area contributed by atoms with Gasteiger partial charge in [-0.05, 0) is 31.9 Å². The molecule has 1 aliphatic carbocycles. The van der Waals surface area contributed by atoms with E-state index in [4.69, 9.17) is 4.74 Å². The molecule has 17 heavy (non-hydrogen) atoms. The summed E-state index contributed by atoms with van der Waals surface area (Å²) < 4.78 is 18.7. The van der Waals surface area contributed by atoms with E-state index in [1.165, 1.54) is 20.0 Å². The molecule has 2 rings (SSSR count). The fourth-order valence-electron chi connectivity index (χ4n) is 1.68. The Labute approximate surface area is 101 Å². The minimum atomic E-state index is -0.290. The molecule has 1 fully saturated rings. The Hall–Kier alpha value is -1.35. The second kappa shape index (κ2) is 5.82. The van der Waals surface area contributed by atoms with E-state index in [1.54, 1.807) is 18.2 Å². The van der Waals surface area contributed by atoms with Crippen LogP contribution in [0.25, 0.3) is 6.08 Å². The van der Waals surface area contributed by atoms with Gasteiger partial charge < -0.3 is 10.1 Å². The van der Waals surface area contributed by atoms with E-state index in [0.717, 1.165) is 19.0 Å². The molecule has 1 aromatic carbocycles. The van der Waals surface area contributed by atoms with Gasteiger partial charge in [0.1, 0.15) is 0 Å². The van der Waals surface area contributed by atoms with Crippen molar-refractivity contribution in [2.45, 2.75) is 25.3 Å². The standard InChI is InChI=1S/C14H18FNO/c1-17-13-7-4-6-11(14(13)15)5-2-3-10-16-12-8-9-12/h2,4-7,12,16H,3,8-10H2,1H3/b5-2+. The van der Waals surface area contributed by atoms with Gasteiger partial charge in [0.2, 0.25) is 0 Å². The predicted molar refractivity (Wildman–Crippen MR) is 67.6 cm³/mol. The molecule has 1 aromatic rings. The molecule has 0 heterocycles. The highest BCUT2D eigenvalue weighted by Gasteiger charge is 2.19. The first-order valence-corrected chi connectivity index (χ1v) is 6.03. The van der Waals surface area contributed by atoms with Gasteiger partial charge in [0.25, 0.3) is 0 Å². The Bertz CT molecular complexity index is 399. The van der Waals surface area contributed by atoms with Crippen LogP contribution in [0.3, 0.4) is 0 Å². The van der Waals surface area contributed by atoms with Crippen molar-refractivity contribution in [1.82, 2.24) is 5.32 Å². The summed E-state index contributed by atoms with van der Waals surface area (Å²) in [5.41, 5.74) is 0.579. The van der Waals surface area contributed by atoms with Crippen LogP contribution in [0.1, 0.15) is 24.8 Å². The second-order valence-corrected chi connectivity index (χ2v) is 4.28. The maximum Gasteiger partial charge on any atom is 0.172 e. The first-order chi connectivity index (χ1) is 8.31. The fraction of sp³-hybridized carbons (Fsp3) is 0.429. The number of hydrogen-bond donors (Lipinski definition) is 1. The smallest absolute Gasteiger partial charge is 0.172 e. The Morgan fingerprint density at radius 3 is 3.00 bits per heavy atom. The summed E-state index contributed by atoms with van der Waals surface area (Å²) in [6.45, 7) is 0.965. The zero-order valence-corrected chi connectivity index (χ0v) is 10.1. The summed E-state index contributed by atoms with van der Waals surface area (Å²) in [7, 11) is 1.48. The van der Waals surface area contributed by atoms with Crippen LogP contribution in [0, 0.1) is 5.82 Å². The molecule has 3 heteroatoms. The lowest BCUT2D eigenvalue weighted by Gasteiger charge is -2.03. The SMILES string of the molecule is COc1cccc(/C=C/CCNC2CC2)c1F. The van der Waals surface area contributed by atoms with Gasteiger partial charge in [-0.15, -0.1) is 0 Å². The molecule has 0 saturated heterocycles. The predicted octanol–water partition coefficient (Wildman–Crippen LogP) is 2.99. The highest BCUT2D eigenvalue weighted by molar-refractivity contribution is 5.52.